The van der Waals surface area contributed by atoms with Gasteiger partial charge in [-0.05, 0) is 30.7 Å². The highest BCUT2D eigenvalue weighted by atomic mass is 35.5. The van der Waals surface area contributed by atoms with Crippen LogP contribution in [0.3, 0.4) is 0 Å². The number of aromatic nitrogens is 1. The van der Waals surface area contributed by atoms with Crippen LogP contribution in [-0.4, -0.2) is 17.1 Å². The highest BCUT2D eigenvalue weighted by molar-refractivity contribution is 6.42. The second-order valence-corrected chi connectivity index (χ2v) is 5.87. The zero-order chi connectivity index (χ0) is 16.3. The fraction of sp³-hybridized carbons (Fsp3) is 0.267. The summed E-state index contributed by atoms with van der Waals surface area (Å²) in [6.07, 6.45) is 0.860. The summed E-state index contributed by atoms with van der Waals surface area (Å²) in [5.41, 5.74) is 0.843. The van der Waals surface area contributed by atoms with Gasteiger partial charge in [-0.3, -0.25) is 4.79 Å². The Kier molecular flexibility index (Phi) is 5.62. The molecule has 4 nitrogen and oxygen atoms in total. The largest absolute Gasteiger partial charge is 0.491 e. The van der Waals surface area contributed by atoms with Gasteiger partial charge in [0.05, 0.1) is 17.3 Å². The van der Waals surface area contributed by atoms with E-state index in [1.165, 1.54) is 10.6 Å². The van der Waals surface area contributed by atoms with Crippen LogP contribution in [0.15, 0.2) is 24.3 Å². The smallest absolute Gasteiger partial charge is 0.272 e. The minimum atomic E-state index is -0.347. The molecule has 1 aromatic carbocycles. The normalized spacial score (nSPS) is 10.6. The number of rotatable bonds is 5. The molecule has 0 unspecified atom stereocenters. The number of ether oxygens (including phenoxy) is 1. The SMILES string of the molecule is CCCOc1ccc(Cl)cc1NC(=O)c1cc(Cl)c(Cl)n1C. The molecular weight excluding hydrogens is 347 g/mol. The summed E-state index contributed by atoms with van der Waals surface area (Å²) in [5.74, 6) is 0.214. The molecule has 2 aromatic rings. The molecule has 1 amide bonds. The number of anilines is 1. The van der Waals surface area contributed by atoms with Crippen molar-refractivity contribution in [1.82, 2.24) is 4.57 Å². The molecule has 0 spiro atoms. The van der Waals surface area contributed by atoms with Crippen molar-refractivity contribution >= 4 is 46.4 Å². The average molecular weight is 362 g/mol. The number of amides is 1. The van der Waals surface area contributed by atoms with Crippen molar-refractivity contribution in [1.29, 1.82) is 0 Å². The van der Waals surface area contributed by atoms with Gasteiger partial charge in [-0.15, -0.1) is 0 Å². The standard InChI is InChI=1S/C15H15Cl3N2O2/c1-3-6-22-13-5-4-9(16)7-11(13)19-15(21)12-8-10(17)14(18)20(12)2/h4-5,7-8H,3,6H2,1-2H3,(H,19,21). The number of nitrogens with zero attached hydrogens (tertiary/aromatic N) is 1. The Hall–Kier alpha value is -1.36. The Morgan fingerprint density at radius 3 is 2.59 bits per heavy atom. The first kappa shape index (κ1) is 17.0. The van der Waals surface area contributed by atoms with Gasteiger partial charge in [0.2, 0.25) is 0 Å². The van der Waals surface area contributed by atoms with Crippen molar-refractivity contribution in [2.24, 2.45) is 7.05 Å². The summed E-state index contributed by atoms with van der Waals surface area (Å²) in [6.45, 7) is 2.55. The van der Waals surface area contributed by atoms with Crippen LogP contribution in [0, 0.1) is 0 Å². The van der Waals surface area contributed by atoms with Crippen molar-refractivity contribution in [2.75, 3.05) is 11.9 Å². The van der Waals surface area contributed by atoms with Crippen LogP contribution in [0.2, 0.25) is 15.2 Å². The molecule has 0 aliphatic carbocycles. The van der Waals surface area contributed by atoms with Crippen LogP contribution in [-0.2, 0) is 7.05 Å². The maximum absolute atomic E-state index is 12.4. The summed E-state index contributed by atoms with van der Waals surface area (Å²) in [4.78, 5) is 12.4. The van der Waals surface area contributed by atoms with Crippen molar-refractivity contribution in [3.05, 3.63) is 45.2 Å². The van der Waals surface area contributed by atoms with Crippen molar-refractivity contribution in [3.8, 4) is 5.75 Å². The Bertz CT molecular complexity index is 698. The number of benzene rings is 1. The van der Waals surface area contributed by atoms with E-state index in [-0.39, 0.29) is 5.91 Å². The first-order valence-corrected chi connectivity index (χ1v) is 7.81. The molecule has 1 N–H and O–H groups in total. The first-order chi connectivity index (χ1) is 10.4. The van der Waals surface area contributed by atoms with E-state index in [1.54, 1.807) is 25.2 Å². The minimum absolute atomic E-state index is 0.306. The Labute approximate surface area is 143 Å². The van der Waals surface area contributed by atoms with Gasteiger partial charge in [0, 0.05) is 12.1 Å². The van der Waals surface area contributed by atoms with E-state index in [4.69, 9.17) is 39.5 Å². The quantitative estimate of drug-likeness (QED) is 0.812. The predicted molar refractivity (Wildman–Crippen MR) is 90.6 cm³/mol. The molecule has 1 aromatic heterocycles. The van der Waals surface area contributed by atoms with E-state index < -0.39 is 0 Å². The number of carbonyl (C=O) groups excluding carboxylic acids is 1. The Balaban J connectivity index is 2.27. The summed E-state index contributed by atoms with van der Waals surface area (Å²) in [7, 11) is 1.66. The molecule has 0 atom stereocenters. The van der Waals surface area contributed by atoms with Crippen molar-refractivity contribution in [2.45, 2.75) is 13.3 Å². The number of nitrogens with one attached hydrogen (secondary N) is 1. The van der Waals surface area contributed by atoms with Crippen molar-refractivity contribution < 1.29 is 9.53 Å². The molecule has 2 rings (SSSR count). The average Bonchev–Trinajstić information content (AvgIpc) is 2.74. The van der Waals surface area contributed by atoms with Gasteiger partial charge >= 0.3 is 0 Å². The molecule has 0 saturated heterocycles. The van der Waals surface area contributed by atoms with E-state index in [2.05, 4.69) is 5.32 Å². The Morgan fingerprint density at radius 2 is 2.00 bits per heavy atom. The van der Waals surface area contributed by atoms with Crippen LogP contribution in [0.5, 0.6) is 5.75 Å². The molecule has 0 saturated carbocycles. The van der Waals surface area contributed by atoms with Gasteiger partial charge in [-0.25, -0.2) is 0 Å². The second-order valence-electron chi connectivity index (χ2n) is 4.67. The third-order valence-electron chi connectivity index (χ3n) is 3.00. The molecule has 22 heavy (non-hydrogen) atoms. The van der Waals surface area contributed by atoms with Gasteiger partial charge < -0.3 is 14.6 Å². The zero-order valence-electron chi connectivity index (χ0n) is 12.1. The number of halogens is 3. The topological polar surface area (TPSA) is 43.3 Å². The van der Waals surface area contributed by atoms with Crippen LogP contribution in [0.25, 0.3) is 0 Å². The maximum Gasteiger partial charge on any atom is 0.272 e. The summed E-state index contributed by atoms with van der Waals surface area (Å²) in [6, 6.07) is 6.57. The van der Waals surface area contributed by atoms with Gasteiger partial charge in [0.25, 0.3) is 5.91 Å². The molecule has 0 radical (unpaired) electrons. The monoisotopic (exact) mass is 360 g/mol. The van der Waals surface area contributed by atoms with Gasteiger partial charge in [-0.1, -0.05) is 41.7 Å². The second kappa shape index (κ2) is 7.27. The number of hydrogen-bond donors (Lipinski definition) is 1. The molecule has 0 aliphatic rings. The lowest BCUT2D eigenvalue weighted by Crippen LogP contribution is -2.16. The van der Waals surface area contributed by atoms with Crippen LogP contribution in [0.1, 0.15) is 23.8 Å². The minimum Gasteiger partial charge on any atom is -0.491 e. The molecule has 1 heterocycles. The van der Waals surface area contributed by atoms with E-state index in [9.17, 15) is 4.79 Å². The zero-order valence-corrected chi connectivity index (χ0v) is 14.4. The first-order valence-electron chi connectivity index (χ1n) is 6.68. The molecule has 118 valence electrons. The van der Waals surface area contributed by atoms with Gasteiger partial charge in [-0.2, -0.15) is 0 Å². The predicted octanol–water partition coefficient (Wildman–Crippen LogP) is 5.03. The van der Waals surface area contributed by atoms with Crippen molar-refractivity contribution in [3.63, 3.8) is 0 Å². The highest BCUT2D eigenvalue weighted by Gasteiger charge is 2.17. The lowest BCUT2D eigenvalue weighted by Gasteiger charge is -2.13. The van der Waals surface area contributed by atoms with Gasteiger partial charge in [0.15, 0.2) is 0 Å². The summed E-state index contributed by atoms with van der Waals surface area (Å²) >= 11 is 17.9. The fourth-order valence-electron chi connectivity index (χ4n) is 1.88. The van der Waals surface area contributed by atoms with E-state index in [0.717, 1.165) is 6.42 Å². The molecule has 0 aliphatic heterocycles. The van der Waals surface area contributed by atoms with Gasteiger partial charge in [0.1, 0.15) is 16.6 Å². The van der Waals surface area contributed by atoms with Crippen LogP contribution in [0.4, 0.5) is 5.69 Å². The third kappa shape index (κ3) is 3.69. The lowest BCUT2D eigenvalue weighted by molar-refractivity contribution is 0.101. The summed E-state index contributed by atoms with van der Waals surface area (Å²) < 4.78 is 7.12. The molecule has 0 fully saturated rings. The molecular formula is C15H15Cl3N2O2. The molecule has 7 heteroatoms. The highest BCUT2D eigenvalue weighted by Crippen LogP contribution is 2.30. The van der Waals surface area contributed by atoms with Crippen LogP contribution < -0.4 is 10.1 Å². The third-order valence-corrected chi connectivity index (χ3v) is 4.08. The molecule has 0 bridgehead atoms. The lowest BCUT2D eigenvalue weighted by atomic mass is 10.2. The van der Waals surface area contributed by atoms with E-state index >= 15 is 0 Å². The van der Waals surface area contributed by atoms with E-state index in [1.807, 2.05) is 6.92 Å². The summed E-state index contributed by atoms with van der Waals surface area (Å²) in [5, 5.41) is 3.90. The van der Waals surface area contributed by atoms with Crippen LogP contribution >= 0.6 is 34.8 Å². The maximum atomic E-state index is 12.4. The fourth-order valence-corrected chi connectivity index (χ4v) is 2.43. The Morgan fingerprint density at radius 1 is 1.27 bits per heavy atom. The number of hydrogen-bond acceptors (Lipinski definition) is 2. The van der Waals surface area contributed by atoms with E-state index in [0.29, 0.717) is 38.9 Å². The number of carbonyl (C=O) groups is 1.